The normalized spacial score (nSPS) is 12.5. The number of aliphatic hydroxyl groups excluding tert-OH is 1. The number of hydrogen-bond acceptors (Lipinski definition) is 3. The zero-order valence-corrected chi connectivity index (χ0v) is 14.9. The first-order valence-electron chi connectivity index (χ1n) is 7.11. The number of aliphatic hydroxyl groups is 1. The number of carbonyl (C=O) groups excluding carboxylic acids is 1. The van der Waals surface area contributed by atoms with Gasteiger partial charge in [0.15, 0.2) is 0 Å². The molecule has 0 heterocycles. The second-order valence-corrected chi connectivity index (χ2v) is 6.14. The maximum absolute atomic E-state index is 12.3. The van der Waals surface area contributed by atoms with E-state index in [1.54, 1.807) is 0 Å². The van der Waals surface area contributed by atoms with E-state index < -0.39 is 23.6 Å². The first-order valence-corrected chi connectivity index (χ1v) is 7.11. The molecular formula is C17H18CoF3NO3. The van der Waals surface area contributed by atoms with Gasteiger partial charge in [0.25, 0.3) is 0 Å². The van der Waals surface area contributed by atoms with E-state index in [4.69, 9.17) is 11.7 Å². The zero-order chi connectivity index (χ0) is 18.5. The Kier molecular flexibility index (Phi) is 8.21. The summed E-state index contributed by atoms with van der Waals surface area (Å²) in [5.41, 5.74) is 0.487. The van der Waals surface area contributed by atoms with Crippen LogP contribution in [-0.2, 0) is 38.1 Å². The van der Waals surface area contributed by atoms with Crippen LogP contribution in [0, 0.1) is 6.57 Å². The fourth-order valence-corrected chi connectivity index (χ4v) is 1.83. The standard InChI is InChI=1S/C17H18F3NO3.Co/c1-16(2,3)12-7-5-11(6-8-12)9-10-24-15(23)13(21-4)14(22)17(18,19)20;/h5-8,22H,9-10H2,1-3H3;/b14-13+;. The number of hydrogen-bond donors (Lipinski definition) is 1. The van der Waals surface area contributed by atoms with Crippen molar-refractivity contribution < 1.29 is 44.6 Å². The van der Waals surface area contributed by atoms with Crippen molar-refractivity contribution in [3.05, 3.63) is 58.3 Å². The first-order chi connectivity index (χ1) is 11.0. The molecule has 0 saturated heterocycles. The third-order valence-corrected chi connectivity index (χ3v) is 3.24. The van der Waals surface area contributed by atoms with Gasteiger partial charge < -0.3 is 9.84 Å². The van der Waals surface area contributed by atoms with E-state index in [1.807, 2.05) is 24.3 Å². The maximum Gasteiger partial charge on any atom is 0.438 e. The van der Waals surface area contributed by atoms with Gasteiger partial charge in [-0.05, 0) is 16.5 Å². The number of carbonyl (C=O) groups is 1. The van der Waals surface area contributed by atoms with Crippen LogP contribution < -0.4 is 0 Å². The van der Waals surface area contributed by atoms with Crippen LogP contribution in [-0.4, -0.2) is 23.9 Å². The molecule has 0 fully saturated rings. The number of ether oxygens (including phenoxy) is 1. The van der Waals surface area contributed by atoms with E-state index >= 15 is 0 Å². The molecule has 0 aliphatic carbocycles. The Morgan fingerprint density at radius 1 is 1.20 bits per heavy atom. The van der Waals surface area contributed by atoms with Gasteiger partial charge >= 0.3 is 17.8 Å². The molecular weight excluding hydrogens is 382 g/mol. The van der Waals surface area contributed by atoms with Crippen LogP contribution in [0.15, 0.2) is 35.7 Å². The minimum atomic E-state index is -5.16. The van der Waals surface area contributed by atoms with E-state index in [1.165, 1.54) is 0 Å². The second kappa shape index (κ2) is 8.92. The minimum Gasteiger partial charge on any atom is -0.515 e. The predicted molar refractivity (Wildman–Crippen MR) is 82.1 cm³/mol. The molecule has 8 heteroatoms. The van der Waals surface area contributed by atoms with Gasteiger partial charge in [-0.15, -0.1) is 0 Å². The van der Waals surface area contributed by atoms with Crippen molar-refractivity contribution in [2.24, 2.45) is 0 Å². The first kappa shape index (κ1) is 23.0. The van der Waals surface area contributed by atoms with Crippen molar-refractivity contribution >= 4 is 5.97 Å². The number of esters is 1. The van der Waals surface area contributed by atoms with Gasteiger partial charge in [0.05, 0.1) is 13.2 Å². The third-order valence-electron chi connectivity index (χ3n) is 3.24. The number of alkyl halides is 3. The van der Waals surface area contributed by atoms with Crippen LogP contribution in [0.5, 0.6) is 0 Å². The summed E-state index contributed by atoms with van der Waals surface area (Å²) in [5, 5.41) is 8.88. The summed E-state index contributed by atoms with van der Waals surface area (Å²) in [5.74, 6) is -3.73. The number of halogens is 3. The van der Waals surface area contributed by atoms with Gasteiger partial charge in [0.1, 0.15) is 0 Å². The minimum absolute atomic E-state index is 0. The second-order valence-electron chi connectivity index (χ2n) is 6.14. The molecule has 0 aromatic heterocycles. The summed E-state index contributed by atoms with van der Waals surface area (Å²) >= 11 is 0. The van der Waals surface area contributed by atoms with Crippen LogP contribution in [0.1, 0.15) is 31.9 Å². The van der Waals surface area contributed by atoms with Gasteiger partial charge in [-0.25, -0.2) is 4.85 Å². The van der Waals surface area contributed by atoms with Crippen LogP contribution in [0.25, 0.3) is 4.85 Å². The van der Waals surface area contributed by atoms with Crippen LogP contribution >= 0.6 is 0 Å². The van der Waals surface area contributed by atoms with Gasteiger partial charge in [0.2, 0.25) is 5.76 Å². The number of nitrogens with zero attached hydrogens (tertiary/aromatic N) is 1. The van der Waals surface area contributed by atoms with Gasteiger partial charge in [-0.1, -0.05) is 45.0 Å². The summed E-state index contributed by atoms with van der Waals surface area (Å²) < 4.78 is 41.6. The molecule has 0 aliphatic heterocycles. The topological polar surface area (TPSA) is 50.9 Å². The SMILES string of the molecule is [C-]#[N+]/C(C(=O)OCCc1ccc(C(C)(C)C)cc1)=C(/O)C(F)(F)F.[Co]. The Hall–Kier alpha value is -1.98. The van der Waals surface area contributed by atoms with Gasteiger partial charge in [-0.3, -0.25) is 4.79 Å². The van der Waals surface area contributed by atoms with Crippen molar-refractivity contribution in [3.8, 4) is 0 Å². The molecule has 1 rings (SSSR count). The van der Waals surface area contributed by atoms with Crippen molar-refractivity contribution in [2.75, 3.05) is 6.61 Å². The average Bonchev–Trinajstić information content (AvgIpc) is 2.46. The Morgan fingerprint density at radius 2 is 1.72 bits per heavy atom. The smallest absolute Gasteiger partial charge is 0.438 e. The molecule has 1 N–H and O–H groups in total. The Morgan fingerprint density at radius 3 is 2.12 bits per heavy atom. The Labute approximate surface area is 154 Å². The van der Waals surface area contributed by atoms with Gasteiger partial charge in [0, 0.05) is 23.2 Å². The molecule has 0 unspecified atom stereocenters. The van der Waals surface area contributed by atoms with Gasteiger partial charge in [-0.2, -0.15) is 13.2 Å². The van der Waals surface area contributed by atoms with Crippen LogP contribution in [0.4, 0.5) is 13.2 Å². The molecule has 25 heavy (non-hydrogen) atoms. The summed E-state index contributed by atoms with van der Waals surface area (Å²) in [4.78, 5) is 13.9. The molecule has 1 aromatic rings. The predicted octanol–water partition coefficient (Wildman–Crippen LogP) is 4.32. The maximum atomic E-state index is 12.3. The van der Waals surface area contributed by atoms with E-state index in [2.05, 4.69) is 30.4 Å². The molecule has 0 atom stereocenters. The van der Waals surface area contributed by atoms with Crippen LogP contribution in [0.2, 0.25) is 0 Å². The fourth-order valence-electron chi connectivity index (χ4n) is 1.83. The van der Waals surface area contributed by atoms with Crippen LogP contribution in [0.3, 0.4) is 0 Å². The Balaban J connectivity index is 0.00000576. The Bertz CT molecular complexity index is 668. The molecule has 0 aliphatic rings. The van der Waals surface area contributed by atoms with E-state index in [9.17, 15) is 18.0 Å². The summed E-state index contributed by atoms with van der Waals surface area (Å²) in [7, 11) is 0. The fraction of sp³-hybridized carbons (Fsp3) is 0.412. The molecule has 0 spiro atoms. The zero-order valence-electron chi connectivity index (χ0n) is 13.9. The number of allylic oxidation sites excluding steroid dienone is 1. The van der Waals surface area contributed by atoms with Crippen molar-refractivity contribution in [2.45, 2.75) is 38.8 Å². The average molecular weight is 400 g/mol. The monoisotopic (exact) mass is 400 g/mol. The number of rotatable bonds is 4. The molecule has 1 radical (unpaired) electrons. The molecule has 139 valence electrons. The summed E-state index contributed by atoms with van der Waals surface area (Å²) in [6.07, 6.45) is -4.88. The van der Waals surface area contributed by atoms with Crippen molar-refractivity contribution in [3.63, 3.8) is 0 Å². The molecule has 0 amide bonds. The largest absolute Gasteiger partial charge is 0.515 e. The van der Waals surface area contributed by atoms with Crippen molar-refractivity contribution in [1.29, 1.82) is 0 Å². The van der Waals surface area contributed by atoms with Crippen molar-refractivity contribution in [1.82, 2.24) is 0 Å². The quantitative estimate of drug-likeness (QED) is 0.355. The van der Waals surface area contributed by atoms with E-state index in [-0.39, 0.29) is 35.2 Å². The molecule has 0 saturated carbocycles. The van der Waals surface area contributed by atoms with E-state index in [0.717, 1.165) is 11.1 Å². The number of benzene rings is 1. The summed E-state index contributed by atoms with van der Waals surface area (Å²) in [6.45, 7) is 12.6. The summed E-state index contributed by atoms with van der Waals surface area (Å²) in [6, 6.07) is 7.54. The molecule has 4 nitrogen and oxygen atoms in total. The molecule has 0 bridgehead atoms. The third kappa shape index (κ3) is 6.80. The molecule has 1 aromatic carbocycles. The van der Waals surface area contributed by atoms with E-state index in [0.29, 0.717) is 0 Å².